The van der Waals surface area contributed by atoms with Crippen molar-refractivity contribution in [1.82, 2.24) is 5.32 Å². The minimum atomic E-state index is -0.245. The third-order valence-electron chi connectivity index (χ3n) is 4.16. The maximum Gasteiger partial charge on any atom is 0.275 e. The summed E-state index contributed by atoms with van der Waals surface area (Å²) >= 11 is 5.95. The SMILES string of the molecule is CC(C)[C@H]([NH2+]CC(=O)NCCc1cccc(Cl)c1)c1ccc(F)cc1. The van der Waals surface area contributed by atoms with Gasteiger partial charge in [-0.1, -0.05) is 49.7 Å². The Balaban J connectivity index is 1.79. The minimum absolute atomic E-state index is 0.00482. The molecule has 0 saturated carbocycles. The van der Waals surface area contributed by atoms with Crippen molar-refractivity contribution in [3.8, 4) is 0 Å². The lowest BCUT2D eigenvalue weighted by molar-refractivity contribution is -0.692. The predicted molar refractivity (Wildman–Crippen MR) is 98.9 cm³/mol. The van der Waals surface area contributed by atoms with E-state index in [4.69, 9.17) is 11.6 Å². The summed E-state index contributed by atoms with van der Waals surface area (Å²) in [7, 11) is 0. The summed E-state index contributed by atoms with van der Waals surface area (Å²) in [6.07, 6.45) is 0.748. The first kappa shape index (κ1) is 19.4. The third kappa shape index (κ3) is 6.48. The molecular weight excluding hydrogens is 339 g/mol. The van der Waals surface area contributed by atoms with Gasteiger partial charge in [-0.3, -0.25) is 4.79 Å². The van der Waals surface area contributed by atoms with E-state index in [0.29, 0.717) is 24.0 Å². The topological polar surface area (TPSA) is 45.7 Å². The molecule has 25 heavy (non-hydrogen) atoms. The van der Waals surface area contributed by atoms with E-state index in [-0.39, 0.29) is 17.8 Å². The quantitative estimate of drug-likeness (QED) is 0.743. The standard InChI is InChI=1S/C20H24ClFN2O/c1-14(2)20(16-6-8-18(22)9-7-16)24-13-19(25)23-11-10-15-4-3-5-17(21)12-15/h3-9,12,14,20,24H,10-11,13H2,1-2H3,(H,23,25)/p+1/t20-/m0/s1. The number of halogens is 2. The molecule has 3 N–H and O–H groups in total. The second-order valence-electron chi connectivity index (χ2n) is 6.49. The molecule has 0 bridgehead atoms. The summed E-state index contributed by atoms with van der Waals surface area (Å²) in [5.74, 6) is 0.0875. The van der Waals surface area contributed by atoms with Gasteiger partial charge in [0, 0.05) is 23.0 Å². The maximum absolute atomic E-state index is 13.1. The van der Waals surface area contributed by atoms with E-state index in [2.05, 4.69) is 19.2 Å². The zero-order valence-electron chi connectivity index (χ0n) is 14.6. The molecule has 0 fully saturated rings. The predicted octanol–water partition coefficient (Wildman–Crippen LogP) is 3.10. The Morgan fingerprint density at radius 3 is 2.56 bits per heavy atom. The zero-order valence-corrected chi connectivity index (χ0v) is 15.4. The second-order valence-corrected chi connectivity index (χ2v) is 6.93. The molecule has 2 rings (SSSR count). The first-order valence-electron chi connectivity index (χ1n) is 8.55. The molecule has 3 nitrogen and oxygen atoms in total. The van der Waals surface area contributed by atoms with E-state index in [1.165, 1.54) is 12.1 Å². The van der Waals surface area contributed by atoms with Crippen LogP contribution < -0.4 is 10.6 Å². The van der Waals surface area contributed by atoms with Gasteiger partial charge in [-0.2, -0.15) is 0 Å². The van der Waals surface area contributed by atoms with Crippen molar-refractivity contribution in [1.29, 1.82) is 0 Å². The molecule has 0 spiro atoms. The number of benzene rings is 2. The number of carbonyl (C=O) groups excluding carboxylic acids is 1. The Morgan fingerprint density at radius 1 is 1.20 bits per heavy atom. The van der Waals surface area contributed by atoms with E-state index in [0.717, 1.165) is 17.5 Å². The van der Waals surface area contributed by atoms with Gasteiger partial charge in [-0.15, -0.1) is 0 Å². The summed E-state index contributed by atoms with van der Waals surface area (Å²) < 4.78 is 13.1. The highest BCUT2D eigenvalue weighted by Crippen LogP contribution is 2.17. The fourth-order valence-corrected chi connectivity index (χ4v) is 3.04. The lowest BCUT2D eigenvalue weighted by Crippen LogP contribution is -2.88. The highest BCUT2D eigenvalue weighted by Gasteiger charge is 2.20. The van der Waals surface area contributed by atoms with E-state index in [9.17, 15) is 9.18 Å². The van der Waals surface area contributed by atoms with Gasteiger partial charge in [0.25, 0.3) is 5.91 Å². The fourth-order valence-electron chi connectivity index (χ4n) is 2.82. The van der Waals surface area contributed by atoms with Crippen LogP contribution in [-0.2, 0) is 11.2 Å². The molecule has 0 aliphatic heterocycles. The largest absolute Gasteiger partial charge is 0.351 e. The van der Waals surface area contributed by atoms with Crippen molar-refractivity contribution >= 4 is 17.5 Å². The van der Waals surface area contributed by atoms with Crippen LogP contribution in [0.5, 0.6) is 0 Å². The molecule has 0 aromatic heterocycles. The smallest absolute Gasteiger partial charge is 0.275 e. The van der Waals surface area contributed by atoms with Gasteiger partial charge in [0.1, 0.15) is 11.9 Å². The fraction of sp³-hybridized carbons (Fsp3) is 0.350. The van der Waals surface area contributed by atoms with Crippen molar-refractivity contribution in [2.45, 2.75) is 26.3 Å². The van der Waals surface area contributed by atoms with Gasteiger partial charge >= 0.3 is 0 Å². The van der Waals surface area contributed by atoms with Crippen LogP contribution in [0.25, 0.3) is 0 Å². The van der Waals surface area contributed by atoms with Gasteiger partial charge in [0.05, 0.1) is 0 Å². The molecule has 134 valence electrons. The first-order valence-corrected chi connectivity index (χ1v) is 8.93. The van der Waals surface area contributed by atoms with E-state index in [1.54, 1.807) is 12.1 Å². The third-order valence-corrected chi connectivity index (χ3v) is 4.39. The highest BCUT2D eigenvalue weighted by atomic mass is 35.5. The normalized spacial score (nSPS) is 12.2. The summed E-state index contributed by atoms with van der Waals surface area (Å²) in [6.45, 7) is 5.12. The van der Waals surface area contributed by atoms with Crippen LogP contribution in [0.1, 0.15) is 31.0 Å². The second kappa shape index (κ2) is 9.54. The molecule has 0 radical (unpaired) electrons. The van der Waals surface area contributed by atoms with Crippen molar-refractivity contribution in [3.05, 3.63) is 70.5 Å². The van der Waals surface area contributed by atoms with Gasteiger partial charge in [-0.05, 0) is 36.2 Å². The first-order chi connectivity index (χ1) is 12.0. The molecule has 0 unspecified atom stereocenters. The van der Waals surface area contributed by atoms with Gasteiger partial charge in [0.2, 0.25) is 0 Å². The molecule has 1 atom stereocenters. The number of hydrogen-bond acceptors (Lipinski definition) is 1. The van der Waals surface area contributed by atoms with Crippen LogP contribution in [0.4, 0.5) is 4.39 Å². The maximum atomic E-state index is 13.1. The molecule has 0 heterocycles. The number of carbonyl (C=O) groups is 1. The number of quaternary nitrogens is 1. The Labute approximate surface area is 153 Å². The van der Waals surface area contributed by atoms with Gasteiger partial charge in [-0.25, -0.2) is 4.39 Å². The van der Waals surface area contributed by atoms with E-state index in [1.807, 2.05) is 29.6 Å². The van der Waals surface area contributed by atoms with E-state index < -0.39 is 0 Å². The number of nitrogens with two attached hydrogens (primary N) is 1. The lowest BCUT2D eigenvalue weighted by Gasteiger charge is -2.19. The van der Waals surface area contributed by atoms with E-state index >= 15 is 0 Å². The highest BCUT2D eigenvalue weighted by molar-refractivity contribution is 6.30. The lowest BCUT2D eigenvalue weighted by atomic mass is 9.96. The average molecular weight is 364 g/mol. The molecule has 0 aliphatic rings. The number of nitrogens with one attached hydrogen (secondary N) is 1. The molecule has 2 aromatic rings. The number of amides is 1. The molecule has 1 amide bonds. The molecule has 5 heteroatoms. The van der Waals surface area contributed by atoms with Crippen molar-refractivity contribution < 1.29 is 14.5 Å². The summed E-state index contributed by atoms with van der Waals surface area (Å²) in [5, 5.41) is 5.64. The van der Waals surface area contributed by atoms with Crippen LogP contribution >= 0.6 is 11.6 Å². The minimum Gasteiger partial charge on any atom is -0.351 e. The van der Waals surface area contributed by atoms with Crippen molar-refractivity contribution in [2.75, 3.05) is 13.1 Å². The molecular formula is C20H25ClFN2O+. The summed E-state index contributed by atoms with van der Waals surface area (Å²) in [5.41, 5.74) is 2.13. The zero-order chi connectivity index (χ0) is 18.2. The summed E-state index contributed by atoms with van der Waals surface area (Å²) in [4.78, 5) is 12.1. The number of rotatable bonds is 8. The van der Waals surface area contributed by atoms with Gasteiger partial charge < -0.3 is 10.6 Å². The van der Waals surface area contributed by atoms with Crippen LogP contribution in [0.3, 0.4) is 0 Å². The Hall–Kier alpha value is -1.91. The Morgan fingerprint density at radius 2 is 1.92 bits per heavy atom. The van der Waals surface area contributed by atoms with Crippen molar-refractivity contribution in [2.24, 2.45) is 5.92 Å². The molecule has 0 aliphatic carbocycles. The number of hydrogen-bond donors (Lipinski definition) is 2. The van der Waals surface area contributed by atoms with Crippen LogP contribution in [0.15, 0.2) is 48.5 Å². The monoisotopic (exact) mass is 363 g/mol. The molecule has 0 saturated heterocycles. The summed E-state index contributed by atoms with van der Waals surface area (Å²) in [6, 6.07) is 14.3. The Kier molecular flexibility index (Phi) is 7.41. The van der Waals surface area contributed by atoms with Crippen LogP contribution in [-0.4, -0.2) is 19.0 Å². The van der Waals surface area contributed by atoms with Crippen LogP contribution in [0, 0.1) is 11.7 Å². The Bertz CT molecular complexity index is 688. The molecule has 2 aromatic carbocycles. The average Bonchev–Trinajstić information content (AvgIpc) is 2.56. The van der Waals surface area contributed by atoms with Crippen LogP contribution in [0.2, 0.25) is 5.02 Å². The van der Waals surface area contributed by atoms with Gasteiger partial charge in [0.15, 0.2) is 6.54 Å². The van der Waals surface area contributed by atoms with Crippen molar-refractivity contribution in [3.63, 3.8) is 0 Å².